The molecule has 0 N–H and O–H groups in total. The molecule has 0 bridgehead atoms. The minimum absolute atomic E-state index is 0.167. The van der Waals surface area contributed by atoms with Crippen LogP contribution in [0, 0.1) is 0 Å². The summed E-state index contributed by atoms with van der Waals surface area (Å²) >= 11 is 25.6. The van der Waals surface area contributed by atoms with Crippen LogP contribution in [0.1, 0.15) is 0 Å². The molecule has 0 aromatic carbocycles. The number of ether oxygens (including phenoxy) is 1. The summed E-state index contributed by atoms with van der Waals surface area (Å²) in [6, 6.07) is 0. The van der Waals surface area contributed by atoms with Gasteiger partial charge in [0.15, 0.2) is 0 Å². The zero-order chi connectivity index (χ0) is 9.72. The van der Waals surface area contributed by atoms with Gasteiger partial charge >= 0.3 is 0 Å². The molecule has 0 amide bonds. The third kappa shape index (κ3) is 4.35. The first-order valence-electron chi connectivity index (χ1n) is 2.75. The average Bonchev–Trinajstić information content (AvgIpc) is 2.02. The molecule has 0 aromatic rings. The second-order valence-corrected chi connectivity index (χ2v) is 4.57. The van der Waals surface area contributed by atoms with Crippen LogP contribution in [0.3, 0.4) is 0 Å². The highest BCUT2D eigenvalue weighted by Gasteiger charge is 2.08. The van der Waals surface area contributed by atoms with Crippen molar-refractivity contribution in [3.05, 3.63) is 19.0 Å². The molecule has 1 nitrogen and oxygen atoms in total. The molecule has 0 aliphatic heterocycles. The lowest BCUT2D eigenvalue weighted by Gasteiger charge is -2.01. The van der Waals surface area contributed by atoms with Gasteiger partial charge < -0.3 is 4.74 Å². The lowest BCUT2D eigenvalue weighted by Crippen LogP contribution is -1.90. The summed E-state index contributed by atoms with van der Waals surface area (Å²) in [7, 11) is 1.50. The van der Waals surface area contributed by atoms with Crippen LogP contribution in [0.2, 0.25) is 0 Å². The van der Waals surface area contributed by atoms with Gasteiger partial charge in [0.05, 0.1) is 21.7 Å². The van der Waals surface area contributed by atoms with E-state index < -0.39 is 0 Å². The molecule has 70 valence electrons. The molecule has 12 heavy (non-hydrogen) atoms. The van der Waals surface area contributed by atoms with Crippen molar-refractivity contribution in [1.29, 1.82) is 0 Å². The van der Waals surface area contributed by atoms with Gasteiger partial charge in [-0.25, -0.2) is 0 Å². The van der Waals surface area contributed by atoms with Gasteiger partial charge in [-0.3, -0.25) is 0 Å². The van der Waals surface area contributed by atoms with E-state index in [9.17, 15) is 0 Å². The molecule has 0 saturated carbocycles. The molecule has 0 heterocycles. The maximum atomic E-state index is 5.72. The summed E-state index contributed by atoms with van der Waals surface area (Å²) in [6.45, 7) is 0.202. The maximum absolute atomic E-state index is 5.72. The van der Waals surface area contributed by atoms with Crippen LogP contribution in [0.4, 0.5) is 0 Å². The molecule has 0 radical (unpaired) electrons. The van der Waals surface area contributed by atoms with E-state index in [-0.39, 0.29) is 20.6 Å². The Labute approximate surface area is 99.4 Å². The number of halogens is 5. The van der Waals surface area contributed by atoms with E-state index >= 15 is 0 Å². The van der Waals surface area contributed by atoms with Crippen LogP contribution in [0.5, 0.6) is 0 Å². The fourth-order valence-corrected chi connectivity index (χ4v) is 1.36. The maximum Gasteiger partial charge on any atom is 0.104 e. The molecule has 0 aliphatic rings. The summed E-state index contributed by atoms with van der Waals surface area (Å²) < 4.78 is 4.95. The molecule has 0 unspecified atom stereocenters. The molecule has 6 heteroatoms. The quantitative estimate of drug-likeness (QED) is 0.703. The lowest BCUT2D eigenvalue weighted by molar-refractivity contribution is 0.230. The van der Waals surface area contributed by atoms with Crippen molar-refractivity contribution >= 4 is 62.3 Å². The first kappa shape index (κ1) is 13.1. The Morgan fingerprint density at radius 1 is 1.17 bits per heavy atom. The fourth-order valence-electron chi connectivity index (χ4n) is 0.392. The third-order valence-electron chi connectivity index (χ3n) is 0.868. The van der Waals surface area contributed by atoms with Crippen molar-refractivity contribution in [3.63, 3.8) is 0 Å². The van der Waals surface area contributed by atoms with E-state index in [0.717, 1.165) is 0 Å². The monoisotopic (exact) mass is 312 g/mol. The molecule has 0 aliphatic carbocycles. The molecule has 0 saturated heterocycles. The largest absolute Gasteiger partial charge is 0.379 e. The number of hydrogen-bond donors (Lipinski definition) is 0. The van der Waals surface area contributed by atoms with Crippen molar-refractivity contribution < 1.29 is 4.74 Å². The SMILES string of the molecule is COC/C(Cl)=C(Cl)/C(Cl)=C(\Cl)Br. The minimum atomic E-state index is 0.167. The first-order chi connectivity index (χ1) is 5.50. The van der Waals surface area contributed by atoms with Crippen LogP contribution in [-0.2, 0) is 4.74 Å². The van der Waals surface area contributed by atoms with E-state index in [4.69, 9.17) is 51.1 Å². The standard InChI is InChI=1S/C6H5BrCl4O/c1-12-2-3(8)4(9)5(10)6(7)11/h2H2,1H3/b4-3+,6-5+. The number of rotatable bonds is 3. The van der Waals surface area contributed by atoms with Crippen LogP contribution < -0.4 is 0 Å². The predicted octanol–water partition coefficient (Wildman–Crippen LogP) is 4.36. The summed E-state index contributed by atoms with van der Waals surface area (Å²) in [5.41, 5.74) is 0. The van der Waals surface area contributed by atoms with E-state index in [1.807, 2.05) is 0 Å². The van der Waals surface area contributed by atoms with Crippen molar-refractivity contribution in [2.45, 2.75) is 0 Å². The zero-order valence-electron chi connectivity index (χ0n) is 6.01. The lowest BCUT2D eigenvalue weighted by atomic mass is 10.5. The Morgan fingerprint density at radius 2 is 1.67 bits per heavy atom. The highest BCUT2D eigenvalue weighted by Crippen LogP contribution is 2.31. The Bertz CT molecular complexity index is 220. The Balaban J connectivity index is 4.67. The van der Waals surface area contributed by atoms with Crippen LogP contribution >= 0.6 is 62.3 Å². The minimum Gasteiger partial charge on any atom is -0.379 e. The molecule has 0 spiro atoms. The van der Waals surface area contributed by atoms with E-state index in [1.165, 1.54) is 7.11 Å². The third-order valence-corrected chi connectivity index (χ3v) is 3.06. The molecular formula is C6H5BrCl4O. The molecule has 0 atom stereocenters. The predicted molar refractivity (Wildman–Crippen MR) is 58.3 cm³/mol. The Hall–Kier alpha value is 1.08. The van der Waals surface area contributed by atoms with Gasteiger partial charge in [0, 0.05) is 7.11 Å². The summed E-state index contributed by atoms with van der Waals surface area (Å²) in [4.78, 5) is 0. The second-order valence-electron chi connectivity index (χ2n) is 1.73. The highest BCUT2D eigenvalue weighted by molar-refractivity contribution is 9.12. The smallest absolute Gasteiger partial charge is 0.104 e. The van der Waals surface area contributed by atoms with Crippen LogP contribution in [-0.4, -0.2) is 13.7 Å². The van der Waals surface area contributed by atoms with E-state index in [1.54, 1.807) is 0 Å². The first-order valence-corrected chi connectivity index (χ1v) is 5.05. The summed E-state index contributed by atoms with van der Waals surface area (Å²) in [5.74, 6) is 0. The number of methoxy groups -OCH3 is 1. The van der Waals surface area contributed by atoms with Gasteiger partial charge in [0.25, 0.3) is 0 Å². The summed E-state index contributed by atoms with van der Waals surface area (Å²) in [6.07, 6.45) is 0. The molecule has 0 rings (SSSR count). The van der Waals surface area contributed by atoms with Gasteiger partial charge in [-0.15, -0.1) is 0 Å². The topological polar surface area (TPSA) is 9.23 Å². The molecule has 0 fully saturated rings. The normalized spacial score (nSPS) is 15.5. The van der Waals surface area contributed by atoms with Gasteiger partial charge in [-0.05, 0) is 15.9 Å². The van der Waals surface area contributed by atoms with Gasteiger partial charge in [0.1, 0.15) is 3.94 Å². The molecule has 0 aromatic heterocycles. The van der Waals surface area contributed by atoms with Crippen molar-refractivity contribution in [3.8, 4) is 0 Å². The number of hydrogen-bond acceptors (Lipinski definition) is 1. The summed E-state index contributed by atoms with van der Waals surface area (Å²) in [5, 5.41) is 0.657. The van der Waals surface area contributed by atoms with Gasteiger partial charge in [-0.2, -0.15) is 0 Å². The van der Waals surface area contributed by atoms with Crippen molar-refractivity contribution in [2.24, 2.45) is 0 Å². The van der Waals surface area contributed by atoms with Crippen molar-refractivity contribution in [2.75, 3.05) is 13.7 Å². The van der Waals surface area contributed by atoms with Gasteiger partial charge in [0.2, 0.25) is 0 Å². The van der Waals surface area contributed by atoms with E-state index in [0.29, 0.717) is 5.03 Å². The highest BCUT2D eigenvalue weighted by atomic mass is 79.9. The van der Waals surface area contributed by atoms with Gasteiger partial charge in [-0.1, -0.05) is 46.4 Å². The fraction of sp³-hybridized carbons (Fsp3) is 0.333. The van der Waals surface area contributed by atoms with Crippen LogP contribution in [0.25, 0.3) is 0 Å². The Morgan fingerprint density at radius 3 is 2.00 bits per heavy atom. The number of allylic oxidation sites excluding steroid dienone is 2. The average molecular weight is 315 g/mol. The second kappa shape index (κ2) is 6.52. The molecular weight excluding hydrogens is 310 g/mol. The van der Waals surface area contributed by atoms with E-state index in [2.05, 4.69) is 15.9 Å². The Kier molecular flexibility index (Phi) is 7.11. The van der Waals surface area contributed by atoms with Crippen LogP contribution in [0.15, 0.2) is 19.0 Å². The van der Waals surface area contributed by atoms with Crippen molar-refractivity contribution in [1.82, 2.24) is 0 Å². The zero-order valence-corrected chi connectivity index (χ0v) is 10.6.